The number of rotatable bonds is 6. The van der Waals surface area contributed by atoms with Gasteiger partial charge in [0.25, 0.3) is 0 Å². The maximum absolute atomic E-state index is 5.76. The first-order chi connectivity index (χ1) is 7.20. The van der Waals surface area contributed by atoms with Crippen molar-refractivity contribution < 1.29 is 4.74 Å². The fourth-order valence-electron chi connectivity index (χ4n) is 3.01. The van der Waals surface area contributed by atoms with Crippen LogP contribution < -0.4 is 5.32 Å². The Labute approximate surface area is 93.8 Å². The van der Waals surface area contributed by atoms with Crippen molar-refractivity contribution in [3.63, 3.8) is 0 Å². The van der Waals surface area contributed by atoms with E-state index in [0.29, 0.717) is 12.1 Å². The van der Waals surface area contributed by atoms with Crippen LogP contribution in [0.2, 0.25) is 0 Å². The predicted octanol–water partition coefficient (Wildman–Crippen LogP) is 2.44. The smallest absolute Gasteiger partial charge is 0.0625 e. The molecule has 0 aromatic heterocycles. The Morgan fingerprint density at radius 2 is 1.87 bits per heavy atom. The molecule has 2 nitrogen and oxygen atoms in total. The fourth-order valence-corrected chi connectivity index (χ4v) is 3.01. The molecule has 88 valence electrons. The molecule has 1 N–H and O–H groups in total. The van der Waals surface area contributed by atoms with E-state index >= 15 is 0 Å². The zero-order valence-corrected chi connectivity index (χ0v) is 10.3. The quantitative estimate of drug-likeness (QED) is 0.728. The minimum absolute atomic E-state index is 0.363. The van der Waals surface area contributed by atoms with Gasteiger partial charge in [0.15, 0.2) is 0 Å². The Balaban J connectivity index is 1.77. The second-order valence-corrected chi connectivity index (χ2v) is 5.53. The SMILES string of the molecule is CCNC(COC(C)C)C1CC2CC2C1. The molecule has 2 fully saturated rings. The van der Waals surface area contributed by atoms with Gasteiger partial charge in [-0.15, -0.1) is 0 Å². The molecule has 0 aromatic rings. The molecule has 3 unspecified atom stereocenters. The van der Waals surface area contributed by atoms with Gasteiger partial charge in [0, 0.05) is 6.04 Å². The van der Waals surface area contributed by atoms with Crippen LogP contribution in [0.1, 0.15) is 40.0 Å². The van der Waals surface area contributed by atoms with Gasteiger partial charge in [-0.1, -0.05) is 6.92 Å². The van der Waals surface area contributed by atoms with Crippen LogP contribution in [0, 0.1) is 17.8 Å². The van der Waals surface area contributed by atoms with Crippen LogP contribution in [-0.2, 0) is 4.74 Å². The largest absolute Gasteiger partial charge is 0.377 e. The fraction of sp³-hybridized carbons (Fsp3) is 1.00. The number of ether oxygens (including phenoxy) is 1. The highest BCUT2D eigenvalue weighted by molar-refractivity contribution is 4.99. The molecule has 0 aromatic carbocycles. The highest BCUT2D eigenvalue weighted by Crippen LogP contribution is 2.55. The highest BCUT2D eigenvalue weighted by atomic mass is 16.5. The maximum Gasteiger partial charge on any atom is 0.0625 e. The summed E-state index contributed by atoms with van der Waals surface area (Å²) >= 11 is 0. The van der Waals surface area contributed by atoms with E-state index < -0.39 is 0 Å². The average Bonchev–Trinajstić information content (AvgIpc) is 2.80. The molecule has 0 heterocycles. The third-order valence-electron chi connectivity index (χ3n) is 3.92. The number of hydrogen-bond donors (Lipinski definition) is 1. The first kappa shape index (κ1) is 11.4. The van der Waals surface area contributed by atoms with Crippen LogP contribution in [0.25, 0.3) is 0 Å². The van der Waals surface area contributed by atoms with Gasteiger partial charge in [0.05, 0.1) is 12.7 Å². The van der Waals surface area contributed by atoms with E-state index in [4.69, 9.17) is 4.74 Å². The van der Waals surface area contributed by atoms with Gasteiger partial charge in [0.1, 0.15) is 0 Å². The van der Waals surface area contributed by atoms with Crippen LogP contribution in [0.3, 0.4) is 0 Å². The van der Waals surface area contributed by atoms with Crippen molar-refractivity contribution in [2.24, 2.45) is 17.8 Å². The van der Waals surface area contributed by atoms with Crippen LogP contribution >= 0.6 is 0 Å². The molecule has 2 heteroatoms. The summed E-state index contributed by atoms with van der Waals surface area (Å²) in [5.41, 5.74) is 0. The van der Waals surface area contributed by atoms with Crippen molar-refractivity contribution in [3.8, 4) is 0 Å². The van der Waals surface area contributed by atoms with Gasteiger partial charge < -0.3 is 10.1 Å². The van der Waals surface area contributed by atoms with Gasteiger partial charge in [-0.3, -0.25) is 0 Å². The second kappa shape index (κ2) is 4.84. The third-order valence-corrected chi connectivity index (χ3v) is 3.92. The molecule has 2 rings (SSSR count). The summed E-state index contributed by atoms with van der Waals surface area (Å²) in [4.78, 5) is 0. The van der Waals surface area contributed by atoms with Crippen LogP contribution in [0.4, 0.5) is 0 Å². The summed E-state index contributed by atoms with van der Waals surface area (Å²) < 4.78 is 5.76. The van der Waals surface area contributed by atoms with E-state index in [-0.39, 0.29) is 0 Å². The van der Waals surface area contributed by atoms with Gasteiger partial charge >= 0.3 is 0 Å². The Kier molecular flexibility index (Phi) is 3.68. The lowest BCUT2D eigenvalue weighted by atomic mass is 9.95. The van der Waals surface area contributed by atoms with Crippen molar-refractivity contribution in [1.82, 2.24) is 5.32 Å². The van der Waals surface area contributed by atoms with Crippen molar-refractivity contribution in [2.45, 2.75) is 52.2 Å². The van der Waals surface area contributed by atoms with Crippen LogP contribution in [0.5, 0.6) is 0 Å². The maximum atomic E-state index is 5.76. The standard InChI is InChI=1S/C13H25NO/c1-4-14-13(8-15-9(2)3)12-6-10-5-11(10)7-12/h9-14H,4-8H2,1-3H3. The van der Waals surface area contributed by atoms with Crippen molar-refractivity contribution in [2.75, 3.05) is 13.2 Å². The van der Waals surface area contributed by atoms with Crippen molar-refractivity contribution in [3.05, 3.63) is 0 Å². The zero-order chi connectivity index (χ0) is 10.8. The molecule has 0 bridgehead atoms. The first-order valence-electron chi connectivity index (χ1n) is 6.55. The number of hydrogen-bond acceptors (Lipinski definition) is 2. The predicted molar refractivity (Wildman–Crippen MR) is 62.9 cm³/mol. The summed E-state index contributed by atoms with van der Waals surface area (Å²) in [5.74, 6) is 3.04. The molecule has 0 spiro atoms. The van der Waals surface area contributed by atoms with E-state index in [9.17, 15) is 0 Å². The first-order valence-corrected chi connectivity index (χ1v) is 6.55. The van der Waals surface area contributed by atoms with Crippen molar-refractivity contribution in [1.29, 1.82) is 0 Å². The van der Waals surface area contributed by atoms with Gasteiger partial charge in [0.2, 0.25) is 0 Å². The second-order valence-electron chi connectivity index (χ2n) is 5.53. The molecule has 3 atom stereocenters. The minimum Gasteiger partial charge on any atom is -0.377 e. The molecule has 0 amide bonds. The molecule has 2 saturated carbocycles. The highest BCUT2D eigenvalue weighted by Gasteiger charge is 2.47. The lowest BCUT2D eigenvalue weighted by Gasteiger charge is -2.26. The van der Waals surface area contributed by atoms with Crippen molar-refractivity contribution >= 4 is 0 Å². The van der Waals surface area contributed by atoms with E-state index in [1.165, 1.54) is 19.3 Å². The Morgan fingerprint density at radius 3 is 2.40 bits per heavy atom. The molecule has 0 aliphatic heterocycles. The molecule has 2 aliphatic rings. The van der Waals surface area contributed by atoms with Crippen LogP contribution in [-0.4, -0.2) is 25.3 Å². The average molecular weight is 211 g/mol. The molecule has 0 radical (unpaired) electrons. The third kappa shape index (κ3) is 2.94. The molecule has 15 heavy (non-hydrogen) atoms. The number of nitrogens with one attached hydrogen (secondary N) is 1. The minimum atomic E-state index is 0.363. The summed E-state index contributed by atoms with van der Waals surface area (Å²) in [6.07, 6.45) is 4.77. The molecule has 2 aliphatic carbocycles. The summed E-state index contributed by atoms with van der Waals surface area (Å²) in [6.45, 7) is 8.40. The molecular weight excluding hydrogens is 186 g/mol. The normalized spacial score (nSPS) is 35.6. The lowest BCUT2D eigenvalue weighted by molar-refractivity contribution is 0.0477. The van der Waals surface area contributed by atoms with Gasteiger partial charge in [-0.25, -0.2) is 0 Å². The monoisotopic (exact) mass is 211 g/mol. The Hall–Kier alpha value is -0.0800. The topological polar surface area (TPSA) is 21.3 Å². The summed E-state index contributed by atoms with van der Waals surface area (Å²) in [5, 5.41) is 3.60. The molecular formula is C13H25NO. The summed E-state index contributed by atoms with van der Waals surface area (Å²) in [6, 6.07) is 0.602. The van der Waals surface area contributed by atoms with Gasteiger partial charge in [-0.05, 0) is 57.4 Å². The number of fused-ring (bicyclic) bond motifs is 1. The van der Waals surface area contributed by atoms with E-state index in [1.807, 2.05) is 0 Å². The van der Waals surface area contributed by atoms with Crippen LogP contribution in [0.15, 0.2) is 0 Å². The van der Waals surface area contributed by atoms with E-state index in [0.717, 1.165) is 30.9 Å². The van der Waals surface area contributed by atoms with Gasteiger partial charge in [-0.2, -0.15) is 0 Å². The zero-order valence-electron chi connectivity index (χ0n) is 10.3. The lowest BCUT2D eigenvalue weighted by Crippen LogP contribution is -2.40. The van der Waals surface area contributed by atoms with E-state index in [2.05, 4.69) is 26.1 Å². The summed E-state index contributed by atoms with van der Waals surface area (Å²) in [7, 11) is 0. The molecule has 0 saturated heterocycles. The van der Waals surface area contributed by atoms with E-state index in [1.54, 1.807) is 0 Å². The Morgan fingerprint density at radius 1 is 1.20 bits per heavy atom. The Bertz CT molecular complexity index is 195. The number of likely N-dealkylation sites (N-methyl/N-ethyl adjacent to an activating group) is 1.